The van der Waals surface area contributed by atoms with Crippen LogP contribution in [0.4, 0.5) is 0 Å². The lowest BCUT2D eigenvalue weighted by atomic mass is 9.79. The molecular formula is C9H10BNO2. The zero-order chi connectivity index (χ0) is 9.42. The molecule has 3 nitrogen and oxygen atoms in total. The van der Waals surface area contributed by atoms with Crippen LogP contribution in [0.5, 0.6) is 0 Å². The zero-order valence-corrected chi connectivity index (χ0v) is 7.28. The van der Waals surface area contributed by atoms with E-state index in [2.05, 4.69) is 4.98 Å². The van der Waals surface area contributed by atoms with Crippen LogP contribution in [0.25, 0.3) is 10.9 Å². The van der Waals surface area contributed by atoms with E-state index in [-0.39, 0.29) is 0 Å². The molecule has 1 aromatic heterocycles. The smallest absolute Gasteiger partial charge is 0.423 e. The molecular weight excluding hydrogens is 165 g/mol. The summed E-state index contributed by atoms with van der Waals surface area (Å²) in [5.74, 6) is 0. The van der Waals surface area contributed by atoms with Crippen LogP contribution in [0.2, 0.25) is 0 Å². The standard InChI is InChI=1S/C9H10BNO2/c1-6-5-7-3-2-4-8(10(12)13)9(7)11-6/h2-5,11-13H,1H3. The van der Waals surface area contributed by atoms with E-state index < -0.39 is 7.12 Å². The maximum absolute atomic E-state index is 9.07. The number of aromatic nitrogens is 1. The minimum absolute atomic E-state index is 0.519. The summed E-state index contributed by atoms with van der Waals surface area (Å²) < 4.78 is 0. The van der Waals surface area contributed by atoms with Gasteiger partial charge in [0.2, 0.25) is 0 Å². The molecule has 0 spiro atoms. The van der Waals surface area contributed by atoms with Gasteiger partial charge in [0, 0.05) is 16.7 Å². The zero-order valence-electron chi connectivity index (χ0n) is 7.28. The molecule has 1 aromatic carbocycles. The predicted octanol–water partition coefficient (Wildman–Crippen LogP) is 0.156. The largest absolute Gasteiger partial charge is 0.490 e. The molecule has 0 bridgehead atoms. The van der Waals surface area contributed by atoms with Gasteiger partial charge in [-0.15, -0.1) is 0 Å². The lowest BCUT2D eigenvalue weighted by molar-refractivity contribution is 0.426. The Bertz CT molecular complexity index is 436. The molecule has 0 aliphatic heterocycles. The van der Waals surface area contributed by atoms with Gasteiger partial charge in [-0.1, -0.05) is 18.2 Å². The Morgan fingerprint density at radius 3 is 2.77 bits per heavy atom. The fourth-order valence-corrected chi connectivity index (χ4v) is 1.54. The fraction of sp³-hybridized carbons (Fsp3) is 0.111. The highest BCUT2D eigenvalue weighted by Gasteiger charge is 2.14. The average molecular weight is 175 g/mol. The summed E-state index contributed by atoms with van der Waals surface area (Å²) in [4.78, 5) is 3.09. The third-order valence-corrected chi connectivity index (χ3v) is 2.10. The summed E-state index contributed by atoms with van der Waals surface area (Å²) in [5.41, 5.74) is 2.34. The lowest BCUT2D eigenvalue weighted by Gasteiger charge is -2.00. The molecule has 2 rings (SSSR count). The summed E-state index contributed by atoms with van der Waals surface area (Å²) in [5, 5.41) is 19.1. The Hall–Kier alpha value is -1.26. The molecule has 0 aliphatic carbocycles. The van der Waals surface area contributed by atoms with Gasteiger partial charge < -0.3 is 15.0 Å². The molecule has 0 amide bonds. The maximum Gasteiger partial charge on any atom is 0.490 e. The molecule has 0 unspecified atom stereocenters. The van der Waals surface area contributed by atoms with Gasteiger partial charge in [-0.3, -0.25) is 0 Å². The third-order valence-electron chi connectivity index (χ3n) is 2.10. The van der Waals surface area contributed by atoms with Crippen molar-refractivity contribution in [3.8, 4) is 0 Å². The molecule has 3 N–H and O–H groups in total. The van der Waals surface area contributed by atoms with Crippen molar-refractivity contribution in [1.29, 1.82) is 0 Å². The van der Waals surface area contributed by atoms with Crippen LogP contribution in [-0.2, 0) is 0 Å². The van der Waals surface area contributed by atoms with Crippen molar-refractivity contribution < 1.29 is 10.0 Å². The summed E-state index contributed by atoms with van der Waals surface area (Å²) in [6.45, 7) is 1.94. The number of aromatic amines is 1. The molecule has 0 saturated carbocycles. The molecule has 0 radical (unpaired) electrons. The second-order valence-electron chi connectivity index (χ2n) is 3.14. The fourth-order valence-electron chi connectivity index (χ4n) is 1.54. The summed E-state index contributed by atoms with van der Waals surface area (Å²) in [6, 6.07) is 7.42. The molecule has 0 fully saturated rings. The molecule has 13 heavy (non-hydrogen) atoms. The van der Waals surface area contributed by atoms with E-state index in [9.17, 15) is 0 Å². The quantitative estimate of drug-likeness (QED) is 0.540. The third kappa shape index (κ3) is 1.34. The van der Waals surface area contributed by atoms with E-state index in [4.69, 9.17) is 10.0 Å². The second-order valence-corrected chi connectivity index (χ2v) is 3.14. The first-order valence-corrected chi connectivity index (χ1v) is 4.13. The van der Waals surface area contributed by atoms with E-state index in [1.54, 1.807) is 6.07 Å². The maximum atomic E-state index is 9.07. The van der Waals surface area contributed by atoms with Gasteiger partial charge >= 0.3 is 7.12 Å². The van der Waals surface area contributed by atoms with Gasteiger partial charge in [-0.25, -0.2) is 0 Å². The average Bonchev–Trinajstić information content (AvgIpc) is 2.43. The van der Waals surface area contributed by atoms with Gasteiger partial charge in [-0.2, -0.15) is 0 Å². The van der Waals surface area contributed by atoms with Crippen molar-refractivity contribution in [2.75, 3.05) is 0 Å². The first-order chi connectivity index (χ1) is 6.18. The van der Waals surface area contributed by atoms with Crippen molar-refractivity contribution >= 4 is 23.5 Å². The molecule has 0 atom stereocenters. The number of para-hydroxylation sites is 1. The van der Waals surface area contributed by atoms with Crippen molar-refractivity contribution in [3.63, 3.8) is 0 Å². The molecule has 66 valence electrons. The van der Waals surface area contributed by atoms with E-state index in [0.29, 0.717) is 5.46 Å². The Morgan fingerprint density at radius 1 is 1.31 bits per heavy atom. The second kappa shape index (κ2) is 2.90. The molecule has 4 heteroatoms. The Morgan fingerprint density at radius 2 is 2.08 bits per heavy atom. The number of hydrogen-bond donors (Lipinski definition) is 3. The molecule has 2 aromatic rings. The number of benzene rings is 1. The normalized spacial score (nSPS) is 10.7. The number of fused-ring (bicyclic) bond motifs is 1. The summed E-state index contributed by atoms with van der Waals surface area (Å²) in [7, 11) is -1.42. The number of rotatable bonds is 1. The number of aryl methyl sites for hydroxylation is 1. The van der Waals surface area contributed by atoms with Crippen molar-refractivity contribution in [2.45, 2.75) is 6.92 Å². The minimum atomic E-state index is -1.42. The van der Waals surface area contributed by atoms with Crippen LogP contribution in [0.15, 0.2) is 24.3 Å². The Kier molecular flexibility index (Phi) is 1.86. The minimum Gasteiger partial charge on any atom is -0.423 e. The molecule has 0 saturated heterocycles. The molecule has 1 heterocycles. The topological polar surface area (TPSA) is 56.2 Å². The van der Waals surface area contributed by atoms with Crippen LogP contribution >= 0.6 is 0 Å². The van der Waals surface area contributed by atoms with Gasteiger partial charge in [-0.05, 0) is 18.4 Å². The number of hydrogen-bond acceptors (Lipinski definition) is 2. The van der Waals surface area contributed by atoms with Crippen LogP contribution in [-0.4, -0.2) is 22.2 Å². The van der Waals surface area contributed by atoms with E-state index in [0.717, 1.165) is 16.6 Å². The SMILES string of the molecule is Cc1cc2cccc(B(O)O)c2[nH]1. The van der Waals surface area contributed by atoms with Crippen LogP contribution in [0.3, 0.4) is 0 Å². The highest BCUT2D eigenvalue weighted by Crippen LogP contribution is 2.12. The molecule has 0 aliphatic rings. The monoisotopic (exact) mass is 175 g/mol. The van der Waals surface area contributed by atoms with Crippen LogP contribution in [0.1, 0.15) is 5.69 Å². The van der Waals surface area contributed by atoms with Crippen molar-refractivity contribution in [1.82, 2.24) is 4.98 Å². The lowest BCUT2D eigenvalue weighted by Crippen LogP contribution is -2.30. The van der Waals surface area contributed by atoms with Gasteiger partial charge in [0.1, 0.15) is 0 Å². The Labute approximate surface area is 76.2 Å². The highest BCUT2D eigenvalue weighted by atomic mass is 16.4. The van der Waals surface area contributed by atoms with E-state index in [1.165, 1.54) is 0 Å². The summed E-state index contributed by atoms with van der Waals surface area (Å²) >= 11 is 0. The van der Waals surface area contributed by atoms with E-state index in [1.807, 2.05) is 25.1 Å². The predicted molar refractivity (Wildman–Crippen MR) is 52.9 cm³/mol. The van der Waals surface area contributed by atoms with Gasteiger partial charge in [0.25, 0.3) is 0 Å². The van der Waals surface area contributed by atoms with Gasteiger partial charge in [0.05, 0.1) is 0 Å². The van der Waals surface area contributed by atoms with Crippen LogP contribution < -0.4 is 5.46 Å². The van der Waals surface area contributed by atoms with E-state index >= 15 is 0 Å². The first-order valence-electron chi connectivity index (χ1n) is 4.13. The Balaban J connectivity index is 2.75. The van der Waals surface area contributed by atoms with Crippen LogP contribution in [0, 0.1) is 6.92 Å². The summed E-state index contributed by atoms with van der Waals surface area (Å²) in [6.07, 6.45) is 0. The first kappa shape index (κ1) is 8.35. The van der Waals surface area contributed by atoms with Crippen molar-refractivity contribution in [3.05, 3.63) is 30.0 Å². The highest BCUT2D eigenvalue weighted by molar-refractivity contribution is 6.61. The number of H-pyrrole nitrogens is 1. The van der Waals surface area contributed by atoms with Gasteiger partial charge in [0.15, 0.2) is 0 Å². The number of nitrogens with one attached hydrogen (secondary N) is 1. The van der Waals surface area contributed by atoms with Crippen molar-refractivity contribution in [2.24, 2.45) is 0 Å².